The molecule has 1 aromatic heterocycles. The van der Waals surface area contributed by atoms with E-state index in [1.54, 1.807) is 10.9 Å². The number of aromatic nitrogens is 2. The molecule has 2 saturated heterocycles. The molecule has 7 nitrogen and oxygen atoms in total. The minimum atomic E-state index is -0.365. The molecule has 0 amide bonds. The molecular weight excluding hydrogens is 306 g/mol. The second kappa shape index (κ2) is 8.92. The fourth-order valence-electron chi connectivity index (χ4n) is 3.60. The first-order valence-electron chi connectivity index (χ1n) is 9.17. The molecular formula is C17H31N5O2. The standard InChI is InChI=1S/C17H31N5O2/c1-2-19-10-11-24-17(14-19)15-21-8-6-20(7-9-21)12-16(23)13-22-5-3-4-18-22/h3-5,16-17,23H,2,6-15H2,1H3/t16-,17-/m0/s1. The molecule has 2 atom stereocenters. The van der Waals surface area contributed by atoms with Gasteiger partial charge in [0.25, 0.3) is 0 Å². The molecule has 3 rings (SSSR count). The van der Waals surface area contributed by atoms with Crippen LogP contribution in [0.5, 0.6) is 0 Å². The molecule has 0 aliphatic carbocycles. The Balaban J connectivity index is 1.35. The van der Waals surface area contributed by atoms with E-state index in [9.17, 15) is 5.11 Å². The second-order valence-electron chi connectivity index (χ2n) is 6.87. The van der Waals surface area contributed by atoms with Crippen LogP contribution in [0, 0.1) is 0 Å². The maximum atomic E-state index is 10.2. The minimum absolute atomic E-state index is 0.343. The van der Waals surface area contributed by atoms with Crippen LogP contribution in [0.3, 0.4) is 0 Å². The Bertz CT molecular complexity index is 462. The van der Waals surface area contributed by atoms with Crippen LogP contribution in [0.25, 0.3) is 0 Å². The zero-order valence-electron chi connectivity index (χ0n) is 14.8. The van der Waals surface area contributed by atoms with E-state index in [1.165, 1.54) is 0 Å². The van der Waals surface area contributed by atoms with Crippen LogP contribution >= 0.6 is 0 Å². The van der Waals surface area contributed by atoms with Crippen LogP contribution in [0.2, 0.25) is 0 Å². The molecule has 24 heavy (non-hydrogen) atoms. The Morgan fingerprint density at radius 1 is 1.12 bits per heavy atom. The molecule has 1 aromatic rings. The summed E-state index contributed by atoms with van der Waals surface area (Å²) < 4.78 is 7.71. The number of morpholine rings is 1. The Hall–Kier alpha value is -0.990. The summed E-state index contributed by atoms with van der Waals surface area (Å²) in [4.78, 5) is 7.32. The molecule has 7 heteroatoms. The van der Waals surface area contributed by atoms with Crippen molar-refractivity contribution in [1.29, 1.82) is 0 Å². The summed E-state index contributed by atoms with van der Waals surface area (Å²) in [6.07, 6.45) is 3.62. The molecule has 0 radical (unpaired) electrons. The topological polar surface area (TPSA) is 57.0 Å². The molecule has 3 heterocycles. The van der Waals surface area contributed by atoms with E-state index in [4.69, 9.17) is 4.74 Å². The fourth-order valence-corrected chi connectivity index (χ4v) is 3.60. The van der Waals surface area contributed by atoms with E-state index < -0.39 is 0 Å². The normalized spacial score (nSPS) is 25.8. The highest BCUT2D eigenvalue weighted by atomic mass is 16.5. The van der Waals surface area contributed by atoms with Gasteiger partial charge in [-0.05, 0) is 12.6 Å². The minimum Gasteiger partial charge on any atom is -0.390 e. The van der Waals surface area contributed by atoms with Crippen LogP contribution in [-0.2, 0) is 11.3 Å². The molecule has 2 aliphatic heterocycles. The smallest absolute Gasteiger partial charge is 0.0862 e. The van der Waals surface area contributed by atoms with Crippen LogP contribution in [-0.4, -0.2) is 107 Å². The predicted octanol–water partition coefficient (Wildman–Crippen LogP) is -0.418. The third kappa shape index (κ3) is 5.26. The highest BCUT2D eigenvalue weighted by Crippen LogP contribution is 2.10. The van der Waals surface area contributed by atoms with Crippen molar-refractivity contribution in [2.45, 2.75) is 25.7 Å². The van der Waals surface area contributed by atoms with Gasteiger partial charge in [0.05, 0.1) is 25.4 Å². The van der Waals surface area contributed by atoms with Gasteiger partial charge in [0.1, 0.15) is 0 Å². The van der Waals surface area contributed by atoms with Crippen molar-refractivity contribution in [3.63, 3.8) is 0 Å². The molecule has 0 bridgehead atoms. The summed E-state index contributed by atoms with van der Waals surface area (Å²) in [5, 5.41) is 14.4. The lowest BCUT2D eigenvalue weighted by molar-refractivity contribution is -0.0481. The molecule has 1 N–H and O–H groups in total. The molecule has 0 spiro atoms. The Morgan fingerprint density at radius 3 is 2.62 bits per heavy atom. The monoisotopic (exact) mass is 337 g/mol. The third-order valence-corrected chi connectivity index (χ3v) is 5.02. The van der Waals surface area contributed by atoms with Crippen molar-refractivity contribution < 1.29 is 9.84 Å². The summed E-state index contributed by atoms with van der Waals surface area (Å²) in [7, 11) is 0. The van der Waals surface area contributed by atoms with E-state index in [0.717, 1.165) is 65.5 Å². The fraction of sp³-hybridized carbons (Fsp3) is 0.824. The number of hydrogen-bond donors (Lipinski definition) is 1. The van der Waals surface area contributed by atoms with Gasteiger partial charge in [-0.2, -0.15) is 5.10 Å². The molecule has 2 aliphatic rings. The van der Waals surface area contributed by atoms with Crippen molar-refractivity contribution >= 4 is 0 Å². The number of aliphatic hydroxyl groups excluding tert-OH is 1. The predicted molar refractivity (Wildman–Crippen MR) is 93.0 cm³/mol. The zero-order valence-corrected chi connectivity index (χ0v) is 14.8. The zero-order chi connectivity index (χ0) is 16.8. The average molecular weight is 337 g/mol. The van der Waals surface area contributed by atoms with Gasteiger partial charge in [-0.1, -0.05) is 6.92 Å². The van der Waals surface area contributed by atoms with Gasteiger partial charge in [0.15, 0.2) is 0 Å². The van der Waals surface area contributed by atoms with Gasteiger partial charge < -0.3 is 9.84 Å². The first-order valence-corrected chi connectivity index (χ1v) is 9.17. The number of likely N-dealkylation sites (N-methyl/N-ethyl adjacent to an activating group) is 1. The van der Waals surface area contributed by atoms with Gasteiger partial charge >= 0.3 is 0 Å². The molecule has 2 fully saturated rings. The highest BCUT2D eigenvalue weighted by molar-refractivity contribution is 4.81. The van der Waals surface area contributed by atoms with Crippen molar-refractivity contribution in [1.82, 2.24) is 24.5 Å². The number of piperazine rings is 1. The van der Waals surface area contributed by atoms with E-state index in [0.29, 0.717) is 12.6 Å². The van der Waals surface area contributed by atoms with Crippen molar-refractivity contribution in [3.8, 4) is 0 Å². The van der Waals surface area contributed by atoms with E-state index in [2.05, 4.69) is 26.7 Å². The van der Waals surface area contributed by atoms with Crippen LogP contribution in [0.4, 0.5) is 0 Å². The largest absolute Gasteiger partial charge is 0.390 e. The molecule has 0 unspecified atom stereocenters. The van der Waals surface area contributed by atoms with Gasteiger partial charge in [-0.3, -0.25) is 19.4 Å². The number of β-amino-alcohol motifs (C(OH)–C–C–N with tert-alkyl or cyclic N) is 1. The second-order valence-corrected chi connectivity index (χ2v) is 6.87. The van der Waals surface area contributed by atoms with Crippen molar-refractivity contribution in [2.75, 3.05) is 65.5 Å². The van der Waals surface area contributed by atoms with E-state index in [-0.39, 0.29) is 6.10 Å². The first-order chi connectivity index (χ1) is 11.7. The summed E-state index contributed by atoms with van der Waals surface area (Å²) in [5.41, 5.74) is 0. The number of nitrogens with zero attached hydrogens (tertiary/aromatic N) is 5. The third-order valence-electron chi connectivity index (χ3n) is 5.02. The number of hydrogen-bond acceptors (Lipinski definition) is 6. The van der Waals surface area contributed by atoms with Crippen molar-refractivity contribution in [3.05, 3.63) is 18.5 Å². The number of rotatable bonds is 7. The Labute approximate surface area is 144 Å². The highest BCUT2D eigenvalue weighted by Gasteiger charge is 2.25. The molecule has 0 saturated carbocycles. The molecule has 136 valence electrons. The summed E-state index contributed by atoms with van der Waals surface area (Å²) in [5.74, 6) is 0. The SMILES string of the molecule is CCN1CCO[C@H](CN2CCN(C[C@H](O)Cn3cccn3)CC2)C1. The van der Waals surface area contributed by atoms with Crippen LogP contribution in [0.15, 0.2) is 18.5 Å². The van der Waals surface area contributed by atoms with Gasteiger partial charge in [-0.15, -0.1) is 0 Å². The van der Waals surface area contributed by atoms with Crippen molar-refractivity contribution in [2.24, 2.45) is 0 Å². The van der Waals surface area contributed by atoms with Crippen LogP contribution < -0.4 is 0 Å². The summed E-state index contributed by atoms with van der Waals surface area (Å²) in [6.45, 7) is 12.8. The number of aliphatic hydroxyl groups is 1. The quantitative estimate of drug-likeness (QED) is 0.730. The Morgan fingerprint density at radius 2 is 1.92 bits per heavy atom. The number of ether oxygens (including phenoxy) is 1. The van der Waals surface area contributed by atoms with E-state index >= 15 is 0 Å². The molecule has 0 aromatic carbocycles. The van der Waals surface area contributed by atoms with E-state index in [1.807, 2.05) is 12.3 Å². The lowest BCUT2D eigenvalue weighted by Gasteiger charge is -2.39. The lowest BCUT2D eigenvalue weighted by Crippen LogP contribution is -2.53. The first kappa shape index (κ1) is 17.8. The maximum Gasteiger partial charge on any atom is 0.0862 e. The maximum absolute atomic E-state index is 10.2. The lowest BCUT2D eigenvalue weighted by atomic mass is 10.2. The summed E-state index contributed by atoms with van der Waals surface area (Å²) >= 11 is 0. The average Bonchev–Trinajstić information content (AvgIpc) is 3.09. The van der Waals surface area contributed by atoms with Crippen LogP contribution in [0.1, 0.15) is 6.92 Å². The van der Waals surface area contributed by atoms with Gasteiger partial charge in [-0.25, -0.2) is 0 Å². The Kier molecular flexibility index (Phi) is 6.62. The summed E-state index contributed by atoms with van der Waals surface area (Å²) in [6, 6.07) is 1.89. The van der Waals surface area contributed by atoms with Gasteiger partial charge in [0.2, 0.25) is 0 Å². The van der Waals surface area contributed by atoms with Gasteiger partial charge in [0, 0.05) is 64.8 Å².